The van der Waals surface area contributed by atoms with E-state index in [2.05, 4.69) is 10.8 Å². The van der Waals surface area contributed by atoms with Crippen molar-refractivity contribution in [3.8, 4) is 6.07 Å². The van der Waals surface area contributed by atoms with Crippen molar-refractivity contribution in [1.82, 2.24) is 9.62 Å². The van der Waals surface area contributed by atoms with Gasteiger partial charge < -0.3 is 4.90 Å². The molecular formula is C17H23N3O3S. The van der Waals surface area contributed by atoms with E-state index in [-0.39, 0.29) is 18.5 Å². The van der Waals surface area contributed by atoms with Gasteiger partial charge >= 0.3 is 0 Å². The second kappa shape index (κ2) is 8.27. The van der Waals surface area contributed by atoms with E-state index in [0.717, 1.165) is 31.1 Å². The first-order chi connectivity index (χ1) is 11.4. The number of hydrogen-bond donors (Lipinski definition) is 1. The predicted molar refractivity (Wildman–Crippen MR) is 91.7 cm³/mol. The third-order valence-corrected chi connectivity index (χ3v) is 4.93. The summed E-state index contributed by atoms with van der Waals surface area (Å²) in [5.41, 5.74) is 1.62. The van der Waals surface area contributed by atoms with Crippen LogP contribution in [0.1, 0.15) is 36.8 Å². The van der Waals surface area contributed by atoms with Crippen LogP contribution in [0.4, 0.5) is 0 Å². The molecule has 0 radical (unpaired) electrons. The lowest BCUT2D eigenvalue weighted by Gasteiger charge is -2.36. The number of sulfonamides is 1. The molecule has 1 aromatic rings. The Kier molecular flexibility index (Phi) is 6.35. The molecule has 130 valence electrons. The van der Waals surface area contributed by atoms with E-state index in [0.29, 0.717) is 24.9 Å². The minimum absolute atomic E-state index is 0.0550. The summed E-state index contributed by atoms with van der Waals surface area (Å²) < 4.78 is 25.1. The van der Waals surface area contributed by atoms with E-state index in [4.69, 9.17) is 5.26 Å². The Bertz CT molecular complexity index is 708. The van der Waals surface area contributed by atoms with Gasteiger partial charge in [-0.3, -0.25) is 4.79 Å². The topological polar surface area (TPSA) is 90.3 Å². The van der Waals surface area contributed by atoms with Gasteiger partial charge in [0.05, 0.1) is 17.9 Å². The Morgan fingerprint density at radius 3 is 2.67 bits per heavy atom. The van der Waals surface area contributed by atoms with E-state index in [1.165, 1.54) is 0 Å². The zero-order valence-electron chi connectivity index (χ0n) is 13.9. The number of benzene rings is 1. The van der Waals surface area contributed by atoms with Gasteiger partial charge in [-0.05, 0) is 43.4 Å². The molecule has 1 amide bonds. The summed E-state index contributed by atoms with van der Waals surface area (Å²) in [7, 11) is -3.25. The third-order valence-electron chi connectivity index (χ3n) is 4.24. The standard InChI is InChI=1S/C17H23N3O3S/c1-24(22,23)19-13-16-4-2-3-11-20(16)17(21)10-9-14-5-7-15(12-18)8-6-14/h5-8,16,19H,2-4,9-11,13H2,1H3. The number of rotatable bonds is 6. The fourth-order valence-electron chi connectivity index (χ4n) is 2.93. The number of nitrogens with one attached hydrogen (secondary N) is 1. The molecular weight excluding hydrogens is 326 g/mol. The van der Waals surface area contributed by atoms with E-state index in [1.54, 1.807) is 12.1 Å². The number of aryl methyl sites for hydroxylation is 1. The van der Waals surface area contributed by atoms with Crippen molar-refractivity contribution >= 4 is 15.9 Å². The summed E-state index contributed by atoms with van der Waals surface area (Å²) in [5, 5.41) is 8.79. The molecule has 1 unspecified atom stereocenters. The van der Waals surface area contributed by atoms with Crippen molar-refractivity contribution in [2.45, 2.75) is 38.1 Å². The fourth-order valence-corrected chi connectivity index (χ4v) is 3.42. The minimum Gasteiger partial charge on any atom is -0.338 e. The molecule has 1 saturated heterocycles. The number of nitriles is 1. The van der Waals surface area contributed by atoms with Crippen LogP contribution < -0.4 is 4.72 Å². The van der Waals surface area contributed by atoms with Crippen molar-refractivity contribution in [3.05, 3.63) is 35.4 Å². The van der Waals surface area contributed by atoms with Crippen molar-refractivity contribution in [3.63, 3.8) is 0 Å². The predicted octanol–water partition coefficient (Wildman–Crippen LogP) is 1.42. The van der Waals surface area contributed by atoms with Crippen molar-refractivity contribution in [2.75, 3.05) is 19.3 Å². The molecule has 6 nitrogen and oxygen atoms in total. The Morgan fingerprint density at radius 2 is 2.04 bits per heavy atom. The monoisotopic (exact) mass is 349 g/mol. The van der Waals surface area contributed by atoms with Crippen LogP contribution in [-0.2, 0) is 21.2 Å². The maximum Gasteiger partial charge on any atom is 0.223 e. The molecule has 0 aromatic heterocycles. The number of carbonyl (C=O) groups excluding carboxylic acids is 1. The summed E-state index contributed by atoms with van der Waals surface area (Å²) in [6.07, 6.45) is 4.93. The molecule has 2 rings (SSSR count). The molecule has 1 N–H and O–H groups in total. The Balaban J connectivity index is 1.91. The van der Waals surface area contributed by atoms with Crippen LogP contribution >= 0.6 is 0 Å². The van der Waals surface area contributed by atoms with Crippen LogP contribution in [0.2, 0.25) is 0 Å². The average Bonchev–Trinajstić information content (AvgIpc) is 2.58. The van der Waals surface area contributed by atoms with Crippen LogP contribution in [0.15, 0.2) is 24.3 Å². The lowest BCUT2D eigenvalue weighted by molar-refractivity contribution is -0.134. The van der Waals surface area contributed by atoms with Crippen LogP contribution in [0, 0.1) is 11.3 Å². The van der Waals surface area contributed by atoms with Crippen LogP contribution in [0.5, 0.6) is 0 Å². The number of carbonyl (C=O) groups is 1. The molecule has 1 atom stereocenters. The van der Waals surface area contributed by atoms with E-state index in [1.807, 2.05) is 17.0 Å². The fraction of sp³-hybridized carbons (Fsp3) is 0.529. The zero-order valence-corrected chi connectivity index (χ0v) is 14.7. The van der Waals surface area contributed by atoms with E-state index in [9.17, 15) is 13.2 Å². The normalized spacial score (nSPS) is 18.2. The lowest BCUT2D eigenvalue weighted by Crippen LogP contribution is -2.49. The van der Waals surface area contributed by atoms with Crippen molar-refractivity contribution in [2.24, 2.45) is 0 Å². The van der Waals surface area contributed by atoms with Crippen LogP contribution in [0.25, 0.3) is 0 Å². The molecule has 1 heterocycles. The Labute approximate surface area is 143 Å². The smallest absolute Gasteiger partial charge is 0.223 e. The van der Waals surface area contributed by atoms with Crippen molar-refractivity contribution < 1.29 is 13.2 Å². The maximum atomic E-state index is 12.5. The highest BCUT2D eigenvalue weighted by Crippen LogP contribution is 2.18. The van der Waals surface area contributed by atoms with Gasteiger partial charge in [0.25, 0.3) is 0 Å². The highest BCUT2D eigenvalue weighted by atomic mass is 32.2. The van der Waals surface area contributed by atoms with Gasteiger partial charge in [0.2, 0.25) is 15.9 Å². The second-order valence-electron chi connectivity index (χ2n) is 6.17. The Morgan fingerprint density at radius 1 is 1.33 bits per heavy atom. The lowest BCUT2D eigenvalue weighted by atomic mass is 10.0. The van der Waals surface area contributed by atoms with Gasteiger partial charge in [0.15, 0.2) is 0 Å². The summed E-state index contributed by atoms with van der Waals surface area (Å²) in [6, 6.07) is 9.23. The van der Waals surface area contributed by atoms with Gasteiger partial charge in [-0.1, -0.05) is 12.1 Å². The number of hydrogen-bond acceptors (Lipinski definition) is 4. The molecule has 24 heavy (non-hydrogen) atoms. The van der Waals surface area contributed by atoms with E-state index >= 15 is 0 Å². The molecule has 0 saturated carbocycles. The van der Waals surface area contributed by atoms with Gasteiger partial charge in [0.1, 0.15) is 0 Å². The highest BCUT2D eigenvalue weighted by molar-refractivity contribution is 7.88. The average molecular weight is 349 g/mol. The van der Waals surface area contributed by atoms with Crippen LogP contribution in [-0.4, -0.2) is 44.6 Å². The second-order valence-corrected chi connectivity index (χ2v) is 8.00. The number of nitrogens with zero attached hydrogens (tertiary/aromatic N) is 2. The highest BCUT2D eigenvalue weighted by Gasteiger charge is 2.26. The summed E-state index contributed by atoms with van der Waals surface area (Å²) in [4.78, 5) is 14.3. The molecule has 7 heteroatoms. The van der Waals surface area contributed by atoms with Gasteiger partial charge in [0, 0.05) is 25.6 Å². The summed E-state index contributed by atoms with van der Waals surface area (Å²) in [5.74, 6) is 0.0550. The minimum atomic E-state index is -3.25. The zero-order chi connectivity index (χ0) is 17.6. The van der Waals surface area contributed by atoms with E-state index < -0.39 is 10.0 Å². The molecule has 1 aromatic carbocycles. The quantitative estimate of drug-likeness (QED) is 0.841. The molecule has 1 aliphatic heterocycles. The first kappa shape index (κ1) is 18.4. The third kappa shape index (κ3) is 5.62. The maximum absolute atomic E-state index is 12.5. The first-order valence-electron chi connectivity index (χ1n) is 8.12. The Hall–Kier alpha value is -1.91. The number of amides is 1. The van der Waals surface area contributed by atoms with Gasteiger partial charge in [-0.2, -0.15) is 5.26 Å². The molecule has 1 fully saturated rings. The largest absolute Gasteiger partial charge is 0.338 e. The summed E-state index contributed by atoms with van der Waals surface area (Å²) >= 11 is 0. The van der Waals surface area contributed by atoms with Crippen LogP contribution in [0.3, 0.4) is 0 Å². The molecule has 0 aliphatic carbocycles. The SMILES string of the molecule is CS(=O)(=O)NCC1CCCCN1C(=O)CCc1ccc(C#N)cc1. The molecule has 1 aliphatic rings. The van der Waals surface area contributed by atoms with Crippen molar-refractivity contribution in [1.29, 1.82) is 5.26 Å². The summed E-state index contributed by atoms with van der Waals surface area (Å²) in [6.45, 7) is 0.962. The first-order valence-corrected chi connectivity index (χ1v) is 10.0. The molecule has 0 bridgehead atoms. The number of piperidine rings is 1. The molecule has 0 spiro atoms. The van der Waals surface area contributed by atoms with Gasteiger partial charge in [-0.25, -0.2) is 13.1 Å². The van der Waals surface area contributed by atoms with Gasteiger partial charge in [-0.15, -0.1) is 0 Å². The number of likely N-dealkylation sites (tertiary alicyclic amines) is 1.